The Kier molecular flexibility index (Phi) is 5.14. The number of hydrogen-bond donors (Lipinski definition) is 2. The zero-order valence-corrected chi connectivity index (χ0v) is 16.3. The number of benzene rings is 4. The molecule has 0 aliphatic rings. The maximum absolute atomic E-state index is 10.9. The zero-order chi connectivity index (χ0) is 19.5. The molecule has 4 aromatic carbocycles. The van der Waals surface area contributed by atoms with Gasteiger partial charge in [0.05, 0.1) is 6.04 Å². The predicted molar refractivity (Wildman–Crippen MR) is 117 cm³/mol. The largest absolute Gasteiger partial charge is 0.508 e. The number of rotatable bonds is 5. The topological polar surface area (TPSA) is 32.3 Å². The van der Waals surface area contributed by atoms with Crippen LogP contribution in [0.4, 0.5) is 0 Å². The molecule has 4 rings (SSSR count). The fourth-order valence-electron chi connectivity index (χ4n) is 3.87. The summed E-state index contributed by atoms with van der Waals surface area (Å²) < 4.78 is 0. The van der Waals surface area contributed by atoms with Crippen molar-refractivity contribution >= 4 is 10.8 Å². The van der Waals surface area contributed by atoms with Crippen molar-refractivity contribution in [2.24, 2.45) is 0 Å². The highest BCUT2D eigenvalue weighted by atomic mass is 16.3. The Bertz CT molecular complexity index is 1090. The molecule has 28 heavy (non-hydrogen) atoms. The fourth-order valence-corrected chi connectivity index (χ4v) is 3.87. The van der Waals surface area contributed by atoms with E-state index in [4.69, 9.17) is 0 Å². The van der Waals surface area contributed by atoms with Crippen LogP contribution in [0.15, 0.2) is 91.0 Å². The molecule has 0 bridgehead atoms. The van der Waals surface area contributed by atoms with E-state index in [0.29, 0.717) is 5.75 Å². The van der Waals surface area contributed by atoms with Gasteiger partial charge in [0, 0.05) is 11.6 Å². The highest BCUT2D eigenvalue weighted by Gasteiger charge is 2.22. The van der Waals surface area contributed by atoms with E-state index in [2.05, 4.69) is 79.8 Å². The minimum Gasteiger partial charge on any atom is -0.508 e. The summed E-state index contributed by atoms with van der Waals surface area (Å²) >= 11 is 0. The van der Waals surface area contributed by atoms with E-state index in [0.717, 1.165) is 21.9 Å². The molecular formula is C26H25NO. The molecule has 140 valence electrons. The van der Waals surface area contributed by atoms with Crippen LogP contribution in [0.2, 0.25) is 0 Å². The van der Waals surface area contributed by atoms with Gasteiger partial charge in [0.1, 0.15) is 5.75 Å². The highest BCUT2D eigenvalue weighted by molar-refractivity contribution is 5.88. The minimum absolute atomic E-state index is 0.124. The van der Waals surface area contributed by atoms with Crippen LogP contribution in [-0.4, -0.2) is 5.11 Å². The molecule has 0 aliphatic heterocycles. The summed E-state index contributed by atoms with van der Waals surface area (Å²) in [6.07, 6.45) is 0. The second-order valence-electron chi connectivity index (χ2n) is 7.37. The Balaban J connectivity index is 1.86. The SMILES string of the molecule is Cc1cccc(C(N[C@@H](C)c2ccccc2)c2c(O)ccc3ccccc23)c1. The molecule has 0 spiro atoms. The van der Waals surface area contributed by atoms with E-state index < -0.39 is 0 Å². The van der Waals surface area contributed by atoms with Crippen LogP contribution >= 0.6 is 0 Å². The van der Waals surface area contributed by atoms with Gasteiger partial charge in [0.15, 0.2) is 0 Å². The van der Waals surface area contributed by atoms with Gasteiger partial charge < -0.3 is 5.11 Å². The second-order valence-corrected chi connectivity index (χ2v) is 7.37. The normalized spacial score (nSPS) is 13.4. The second kappa shape index (κ2) is 7.87. The van der Waals surface area contributed by atoms with Gasteiger partial charge in [-0.15, -0.1) is 0 Å². The summed E-state index contributed by atoms with van der Waals surface area (Å²) in [5.41, 5.74) is 4.50. The third-order valence-corrected chi connectivity index (χ3v) is 5.33. The number of phenolic OH excluding ortho intramolecular Hbond substituents is 1. The number of phenols is 1. The van der Waals surface area contributed by atoms with E-state index >= 15 is 0 Å². The molecule has 4 aromatic rings. The molecule has 2 nitrogen and oxygen atoms in total. The van der Waals surface area contributed by atoms with E-state index in [9.17, 15) is 5.11 Å². The first kappa shape index (κ1) is 18.3. The molecule has 0 amide bonds. The Morgan fingerprint density at radius 3 is 2.25 bits per heavy atom. The maximum Gasteiger partial charge on any atom is 0.121 e. The van der Waals surface area contributed by atoms with Crippen molar-refractivity contribution in [1.82, 2.24) is 5.32 Å². The molecule has 0 aliphatic carbocycles. The van der Waals surface area contributed by atoms with E-state index in [1.165, 1.54) is 11.1 Å². The molecule has 2 heteroatoms. The van der Waals surface area contributed by atoms with Crippen LogP contribution in [0.1, 0.15) is 41.3 Å². The quantitative estimate of drug-likeness (QED) is 0.434. The van der Waals surface area contributed by atoms with Crippen molar-refractivity contribution in [3.63, 3.8) is 0 Å². The Hall–Kier alpha value is -3.10. The summed E-state index contributed by atoms with van der Waals surface area (Å²) in [4.78, 5) is 0. The van der Waals surface area contributed by atoms with Crippen LogP contribution < -0.4 is 5.32 Å². The Labute approximate surface area is 166 Å². The van der Waals surface area contributed by atoms with Crippen molar-refractivity contribution in [1.29, 1.82) is 0 Å². The first-order valence-electron chi connectivity index (χ1n) is 9.71. The van der Waals surface area contributed by atoms with Gasteiger partial charge in [-0.25, -0.2) is 0 Å². The average molecular weight is 367 g/mol. The lowest BCUT2D eigenvalue weighted by Crippen LogP contribution is -2.26. The number of nitrogens with one attached hydrogen (secondary N) is 1. The van der Waals surface area contributed by atoms with Crippen LogP contribution in [-0.2, 0) is 0 Å². The van der Waals surface area contributed by atoms with Gasteiger partial charge in [-0.3, -0.25) is 5.32 Å². The number of aromatic hydroxyl groups is 1. The minimum atomic E-state index is -0.124. The number of fused-ring (bicyclic) bond motifs is 1. The first-order valence-corrected chi connectivity index (χ1v) is 9.71. The Morgan fingerprint density at radius 2 is 1.46 bits per heavy atom. The van der Waals surface area contributed by atoms with Crippen molar-refractivity contribution < 1.29 is 5.11 Å². The van der Waals surface area contributed by atoms with Gasteiger partial charge >= 0.3 is 0 Å². The third-order valence-electron chi connectivity index (χ3n) is 5.33. The maximum atomic E-state index is 10.9. The van der Waals surface area contributed by atoms with Gasteiger partial charge in [-0.05, 0) is 41.8 Å². The monoisotopic (exact) mass is 367 g/mol. The molecule has 2 atom stereocenters. The smallest absolute Gasteiger partial charge is 0.121 e. The fraction of sp³-hybridized carbons (Fsp3) is 0.154. The summed E-state index contributed by atoms with van der Waals surface area (Å²) in [6, 6.07) is 30.9. The van der Waals surface area contributed by atoms with Crippen LogP contribution in [0.3, 0.4) is 0 Å². The van der Waals surface area contributed by atoms with Crippen molar-refractivity contribution in [3.05, 3.63) is 113 Å². The lowest BCUT2D eigenvalue weighted by atomic mass is 9.91. The molecule has 0 saturated carbocycles. The Morgan fingerprint density at radius 1 is 0.750 bits per heavy atom. The molecule has 1 unspecified atom stereocenters. The van der Waals surface area contributed by atoms with Crippen molar-refractivity contribution in [2.75, 3.05) is 0 Å². The van der Waals surface area contributed by atoms with Gasteiger partial charge in [0.25, 0.3) is 0 Å². The summed E-state index contributed by atoms with van der Waals surface area (Å²) in [6.45, 7) is 4.27. The molecule has 0 saturated heterocycles. The highest BCUT2D eigenvalue weighted by Crippen LogP contribution is 2.37. The van der Waals surface area contributed by atoms with Gasteiger partial charge in [0.2, 0.25) is 0 Å². The molecular weight excluding hydrogens is 342 g/mol. The summed E-state index contributed by atoms with van der Waals surface area (Å²) in [5.74, 6) is 0.318. The zero-order valence-electron chi connectivity index (χ0n) is 16.3. The van der Waals surface area contributed by atoms with Gasteiger partial charge in [-0.2, -0.15) is 0 Å². The predicted octanol–water partition coefficient (Wildman–Crippen LogP) is 6.29. The van der Waals surface area contributed by atoms with E-state index in [1.54, 1.807) is 6.07 Å². The average Bonchev–Trinajstić information content (AvgIpc) is 2.73. The third kappa shape index (κ3) is 3.64. The van der Waals surface area contributed by atoms with E-state index in [-0.39, 0.29) is 12.1 Å². The molecule has 2 N–H and O–H groups in total. The molecule has 0 heterocycles. The molecule has 0 fully saturated rings. The van der Waals surface area contributed by atoms with Crippen LogP contribution in [0.5, 0.6) is 5.75 Å². The summed E-state index contributed by atoms with van der Waals surface area (Å²) in [5, 5.41) is 16.8. The number of aryl methyl sites for hydroxylation is 1. The van der Waals surface area contributed by atoms with Crippen molar-refractivity contribution in [2.45, 2.75) is 25.9 Å². The van der Waals surface area contributed by atoms with E-state index in [1.807, 2.05) is 24.3 Å². The first-order chi connectivity index (χ1) is 13.6. The van der Waals surface area contributed by atoms with Gasteiger partial charge in [-0.1, -0.05) is 90.5 Å². The van der Waals surface area contributed by atoms with Crippen LogP contribution in [0, 0.1) is 6.92 Å². The lowest BCUT2D eigenvalue weighted by molar-refractivity contribution is 0.449. The van der Waals surface area contributed by atoms with Crippen molar-refractivity contribution in [3.8, 4) is 5.75 Å². The molecule has 0 aromatic heterocycles. The molecule has 0 radical (unpaired) electrons. The lowest BCUT2D eigenvalue weighted by Gasteiger charge is -2.27. The van der Waals surface area contributed by atoms with Crippen LogP contribution in [0.25, 0.3) is 10.8 Å². The standard InChI is InChI=1S/C26H25NO/c1-18-9-8-13-22(17-18)26(27-19(2)20-10-4-3-5-11-20)25-23-14-7-6-12-21(23)15-16-24(25)28/h3-17,19,26-28H,1-2H3/t19-,26?/m0/s1. The number of hydrogen-bond acceptors (Lipinski definition) is 2. The summed E-state index contributed by atoms with van der Waals surface area (Å²) in [7, 11) is 0.